The number of rotatable bonds is 10. The Labute approximate surface area is 210 Å². The summed E-state index contributed by atoms with van der Waals surface area (Å²) in [6, 6.07) is 17.5. The SMILES string of the molecule is COc1ccc(C(=O)Oc2ccc(/C=N\NC(=O)COc3cc(C(C)C)ccc3C)cc2)cc1OC. The summed E-state index contributed by atoms with van der Waals surface area (Å²) in [6.45, 7) is 5.99. The first-order chi connectivity index (χ1) is 17.3. The zero-order valence-corrected chi connectivity index (χ0v) is 21.0. The Kier molecular flexibility index (Phi) is 9.05. The molecule has 0 spiro atoms. The highest BCUT2D eigenvalue weighted by molar-refractivity contribution is 5.92. The van der Waals surface area contributed by atoms with Crippen molar-refractivity contribution < 1.29 is 28.5 Å². The summed E-state index contributed by atoms with van der Waals surface area (Å²) in [4.78, 5) is 24.6. The summed E-state index contributed by atoms with van der Waals surface area (Å²) >= 11 is 0. The summed E-state index contributed by atoms with van der Waals surface area (Å²) in [7, 11) is 3.02. The predicted octanol–water partition coefficient (Wildman–Crippen LogP) is 4.88. The van der Waals surface area contributed by atoms with Crippen LogP contribution in [-0.4, -0.2) is 38.9 Å². The molecule has 0 radical (unpaired) electrons. The second-order valence-electron chi connectivity index (χ2n) is 8.29. The number of nitrogens with zero attached hydrogens (tertiary/aromatic N) is 1. The molecule has 0 saturated carbocycles. The molecule has 0 aliphatic carbocycles. The number of hydrogen-bond donors (Lipinski definition) is 1. The van der Waals surface area contributed by atoms with Gasteiger partial charge in [0.2, 0.25) is 0 Å². The molecule has 0 saturated heterocycles. The van der Waals surface area contributed by atoms with E-state index in [0.717, 1.165) is 11.1 Å². The van der Waals surface area contributed by atoms with Crippen LogP contribution in [0.5, 0.6) is 23.0 Å². The fourth-order valence-corrected chi connectivity index (χ4v) is 3.24. The zero-order chi connectivity index (χ0) is 26.1. The summed E-state index contributed by atoms with van der Waals surface area (Å²) < 4.78 is 21.5. The van der Waals surface area contributed by atoms with Crippen LogP contribution in [0.15, 0.2) is 65.8 Å². The molecule has 0 aliphatic heterocycles. The fraction of sp³-hybridized carbons (Fsp3) is 0.250. The number of aryl methyl sites for hydroxylation is 1. The number of nitrogens with one attached hydrogen (secondary N) is 1. The molecule has 0 fully saturated rings. The van der Waals surface area contributed by atoms with Crippen LogP contribution < -0.4 is 24.4 Å². The second-order valence-corrected chi connectivity index (χ2v) is 8.29. The van der Waals surface area contributed by atoms with E-state index >= 15 is 0 Å². The topological polar surface area (TPSA) is 95.5 Å². The average molecular weight is 491 g/mol. The number of benzene rings is 3. The third-order valence-corrected chi connectivity index (χ3v) is 5.35. The molecule has 0 heterocycles. The monoisotopic (exact) mass is 490 g/mol. The lowest BCUT2D eigenvalue weighted by atomic mass is 10.0. The van der Waals surface area contributed by atoms with Gasteiger partial charge < -0.3 is 18.9 Å². The van der Waals surface area contributed by atoms with E-state index in [1.165, 1.54) is 20.4 Å². The van der Waals surface area contributed by atoms with Gasteiger partial charge in [0, 0.05) is 0 Å². The first kappa shape index (κ1) is 26.3. The molecule has 0 aromatic heterocycles. The van der Waals surface area contributed by atoms with Crippen molar-refractivity contribution in [3.05, 3.63) is 82.9 Å². The van der Waals surface area contributed by atoms with Gasteiger partial charge in [0.1, 0.15) is 11.5 Å². The average Bonchev–Trinajstić information content (AvgIpc) is 2.88. The van der Waals surface area contributed by atoms with Crippen LogP contribution in [0.2, 0.25) is 0 Å². The molecule has 0 aliphatic rings. The summed E-state index contributed by atoms with van der Waals surface area (Å²) in [5, 5.41) is 3.96. The minimum atomic E-state index is -0.529. The van der Waals surface area contributed by atoms with E-state index in [9.17, 15) is 9.59 Å². The van der Waals surface area contributed by atoms with Crippen molar-refractivity contribution in [3.63, 3.8) is 0 Å². The van der Waals surface area contributed by atoms with Crippen LogP contribution in [0, 0.1) is 6.92 Å². The number of esters is 1. The maximum absolute atomic E-state index is 12.4. The quantitative estimate of drug-likeness (QED) is 0.188. The van der Waals surface area contributed by atoms with Crippen LogP contribution >= 0.6 is 0 Å². The number of carbonyl (C=O) groups is 2. The molecule has 3 rings (SSSR count). The van der Waals surface area contributed by atoms with Crippen molar-refractivity contribution in [2.24, 2.45) is 5.10 Å². The second kappa shape index (κ2) is 12.4. The Morgan fingerprint density at radius 3 is 2.31 bits per heavy atom. The lowest BCUT2D eigenvalue weighted by Gasteiger charge is -2.12. The lowest BCUT2D eigenvalue weighted by Crippen LogP contribution is -2.24. The number of hydrogen-bond acceptors (Lipinski definition) is 7. The van der Waals surface area contributed by atoms with E-state index in [-0.39, 0.29) is 12.5 Å². The van der Waals surface area contributed by atoms with Crippen molar-refractivity contribution in [1.82, 2.24) is 5.43 Å². The van der Waals surface area contributed by atoms with Crippen molar-refractivity contribution in [2.45, 2.75) is 26.7 Å². The van der Waals surface area contributed by atoms with Gasteiger partial charge in [-0.1, -0.05) is 26.0 Å². The molecule has 0 bridgehead atoms. The molecule has 0 atom stereocenters. The van der Waals surface area contributed by atoms with E-state index in [4.69, 9.17) is 18.9 Å². The molecule has 36 heavy (non-hydrogen) atoms. The van der Waals surface area contributed by atoms with Gasteiger partial charge >= 0.3 is 5.97 Å². The molecular weight excluding hydrogens is 460 g/mol. The molecule has 3 aromatic carbocycles. The standard InChI is InChI=1S/C28H30N2O6/c1-18(2)21-9-6-19(3)25(14-21)35-17-27(31)30-29-16-20-7-11-23(12-8-20)36-28(32)22-10-13-24(33-4)26(15-22)34-5/h6-16,18H,17H2,1-5H3,(H,30,31)/b29-16-. The number of hydrazone groups is 1. The van der Waals surface area contributed by atoms with E-state index < -0.39 is 5.97 Å². The molecular formula is C28H30N2O6. The molecule has 1 amide bonds. The van der Waals surface area contributed by atoms with Gasteiger partial charge in [-0.25, -0.2) is 10.2 Å². The third kappa shape index (κ3) is 7.09. The van der Waals surface area contributed by atoms with Crippen molar-refractivity contribution in [3.8, 4) is 23.0 Å². The Morgan fingerprint density at radius 2 is 1.64 bits per heavy atom. The highest BCUT2D eigenvalue weighted by Gasteiger charge is 2.13. The maximum Gasteiger partial charge on any atom is 0.343 e. The van der Waals surface area contributed by atoms with Gasteiger partial charge in [-0.3, -0.25) is 4.79 Å². The molecule has 3 aromatic rings. The smallest absolute Gasteiger partial charge is 0.343 e. The summed E-state index contributed by atoms with van der Waals surface area (Å²) in [5.74, 6) is 1.46. The molecule has 1 N–H and O–H groups in total. The van der Waals surface area contributed by atoms with Crippen molar-refractivity contribution >= 4 is 18.1 Å². The Hall–Kier alpha value is -4.33. The van der Waals surface area contributed by atoms with Crippen LogP contribution in [0.25, 0.3) is 0 Å². The normalized spacial score (nSPS) is 10.8. The first-order valence-corrected chi connectivity index (χ1v) is 11.4. The van der Waals surface area contributed by atoms with Gasteiger partial charge in [0.15, 0.2) is 18.1 Å². The largest absolute Gasteiger partial charge is 0.493 e. The van der Waals surface area contributed by atoms with E-state index in [1.54, 1.807) is 42.5 Å². The van der Waals surface area contributed by atoms with Gasteiger partial charge in [-0.05, 0) is 78.1 Å². The third-order valence-electron chi connectivity index (χ3n) is 5.35. The summed E-state index contributed by atoms with van der Waals surface area (Å²) in [6.07, 6.45) is 1.49. The van der Waals surface area contributed by atoms with Crippen LogP contribution in [0.4, 0.5) is 0 Å². The number of amides is 1. The Balaban J connectivity index is 1.51. The maximum atomic E-state index is 12.4. The highest BCUT2D eigenvalue weighted by Crippen LogP contribution is 2.28. The minimum Gasteiger partial charge on any atom is -0.493 e. The van der Waals surface area contributed by atoms with Gasteiger partial charge in [0.05, 0.1) is 26.0 Å². The number of ether oxygens (including phenoxy) is 4. The number of carbonyl (C=O) groups excluding carboxylic acids is 2. The Morgan fingerprint density at radius 1 is 0.917 bits per heavy atom. The van der Waals surface area contributed by atoms with Crippen molar-refractivity contribution in [2.75, 3.05) is 20.8 Å². The molecule has 188 valence electrons. The number of methoxy groups -OCH3 is 2. The van der Waals surface area contributed by atoms with Crippen LogP contribution in [0.1, 0.15) is 46.8 Å². The predicted molar refractivity (Wildman–Crippen MR) is 137 cm³/mol. The van der Waals surface area contributed by atoms with Gasteiger partial charge in [-0.15, -0.1) is 0 Å². The van der Waals surface area contributed by atoms with Crippen molar-refractivity contribution in [1.29, 1.82) is 0 Å². The van der Waals surface area contributed by atoms with Gasteiger partial charge in [-0.2, -0.15) is 5.10 Å². The zero-order valence-electron chi connectivity index (χ0n) is 21.0. The van der Waals surface area contributed by atoms with Crippen LogP contribution in [-0.2, 0) is 4.79 Å². The van der Waals surface area contributed by atoms with Crippen LogP contribution in [0.3, 0.4) is 0 Å². The minimum absolute atomic E-state index is 0.148. The summed E-state index contributed by atoms with van der Waals surface area (Å²) in [5.41, 5.74) is 5.59. The lowest BCUT2D eigenvalue weighted by molar-refractivity contribution is -0.123. The first-order valence-electron chi connectivity index (χ1n) is 11.4. The highest BCUT2D eigenvalue weighted by atomic mass is 16.5. The van der Waals surface area contributed by atoms with E-state index in [0.29, 0.717) is 40.0 Å². The van der Waals surface area contributed by atoms with E-state index in [1.807, 2.05) is 19.1 Å². The fourth-order valence-electron chi connectivity index (χ4n) is 3.24. The van der Waals surface area contributed by atoms with Gasteiger partial charge in [0.25, 0.3) is 5.91 Å². The molecule has 8 nitrogen and oxygen atoms in total. The molecule has 8 heteroatoms. The Bertz CT molecular complexity index is 1240. The molecule has 0 unspecified atom stereocenters. The van der Waals surface area contributed by atoms with E-state index in [2.05, 4.69) is 30.4 Å².